The number of rotatable bonds is 7. The zero-order chi connectivity index (χ0) is 20.2. The number of fused-ring (bicyclic) bond motifs is 1. The summed E-state index contributed by atoms with van der Waals surface area (Å²) in [6.07, 6.45) is 1.71. The van der Waals surface area contributed by atoms with Gasteiger partial charge in [0.05, 0.1) is 0 Å². The first-order valence-electron chi connectivity index (χ1n) is 9.54. The molecule has 0 saturated carbocycles. The number of aromatic nitrogens is 1. The number of carbonyl (C=O) groups excluding carboxylic acids is 2. The number of aliphatic carboxylic acids is 1. The summed E-state index contributed by atoms with van der Waals surface area (Å²) in [6.45, 7) is 0.619. The third-order valence-electron chi connectivity index (χ3n) is 5.16. The Labute approximate surface area is 169 Å². The summed E-state index contributed by atoms with van der Waals surface area (Å²) < 4.78 is 2.03. The predicted octanol–water partition coefficient (Wildman–Crippen LogP) is 3.80. The van der Waals surface area contributed by atoms with E-state index in [0.717, 1.165) is 16.5 Å². The third-order valence-corrected chi connectivity index (χ3v) is 5.16. The van der Waals surface area contributed by atoms with Crippen LogP contribution < -0.4 is 5.11 Å². The highest BCUT2D eigenvalue weighted by atomic mass is 16.4. The number of carboxylic acid groups (broad SMARTS) is 1. The van der Waals surface area contributed by atoms with E-state index in [1.165, 1.54) is 0 Å². The van der Waals surface area contributed by atoms with Crippen molar-refractivity contribution in [2.75, 3.05) is 0 Å². The molecule has 4 aromatic rings. The van der Waals surface area contributed by atoms with Crippen molar-refractivity contribution in [2.45, 2.75) is 18.9 Å². The molecule has 0 aliphatic heterocycles. The van der Waals surface area contributed by atoms with Crippen LogP contribution in [0.4, 0.5) is 0 Å². The molecular weight excluding hydrogens is 362 g/mol. The van der Waals surface area contributed by atoms with Crippen molar-refractivity contribution in [1.82, 2.24) is 4.57 Å². The maximum atomic E-state index is 12.7. The van der Waals surface area contributed by atoms with Gasteiger partial charge in [0, 0.05) is 47.5 Å². The van der Waals surface area contributed by atoms with Gasteiger partial charge in [-0.15, -0.1) is 0 Å². The van der Waals surface area contributed by atoms with Crippen LogP contribution in [0.3, 0.4) is 0 Å². The number of nitrogens with zero attached hydrogens (tertiary/aromatic N) is 1. The first kappa shape index (κ1) is 18.7. The SMILES string of the molecule is O=C(C[C@H](C(=O)[O-])c1cn(Cc2ccccc2)c2ccccc12)c1ccccc1. The van der Waals surface area contributed by atoms with E-state index in [4.69, 9.17) is 0 Å². The van der Waals surface area contributed by atoms with Gasteiger partial charge in [-0.25, -0.2) is 0 Å². The minimum Gasteiger partial charge on any atom is -0.549 e. The molecule has 144 valence electrons. The van der Waals surface area contributed by atoms with Crippen molar-refractivity contribution in [3.05, 3.63) is 108 Å². The molecule has 0 saturated heterocycles. The van der Waals surface area contributed by atoms with Gasteiger partial charge in [0.2, 0.25) is 0 Å². The Morgan fingerprint density at radius 1 is 0.828 bits per heavy atom. The molecule has 0 bridgehead atoms. The Morgan fingerprint density at radius 3 is 2.14 bits per heavy atom. The van der Waals surface area contributed by atoms with Crippen LogP contribution in [-0.2, 0) is 11.3 Å². The Bertz CT molecular complexity index is 1150. The van der Waals surface area contributed by atoms with Crippen molar-refractivity contribution in [1.29, 1.82) is 0 Å². The van der Waals surface area contributed by atoms with E-state index >= 15 is 0 Å². The van der Waals surface area contributed by atoms with Crippen LogP contribution in [0.15, 0.2) is 91.1 Å². The highest BCUT2D eigenvalue weighted by Crippen LogP contribution is 2.31. The van der Waals surface area contributed by atoms with Crippen molar-refractivity contribution < 1.29 is 14.7 Å². The smallest absolute Gasteiger partial charge is 0.163 e. The first-order chi connectivity index (χ1) is 14.1. The Hall–Kier alpha value is -3.66. The second-order valence-corrected chi connectivity index (χ2v) is 7.08. The third kappa shape index (κ3) is 3.97. The summed E-state index contributed by atoms with van der Waals surface area (Å²) in [7, 11) is 0. The van der Waals surface area contributed by atoms with Gasteiger partial charge in [-0.3, -0.25) is 4.79 Å². The minimum atomic E-state index is -1.24. The zero-order valence-electron chi connectivity index (χ0n) is 15.8. The first-order valence-corrected chi connectivity index (χ1v) is 9.54. The van der Waals surface area contributed by atoms with E-state index in [-0.39, 0.29) is 12.2 Å². The Morgan fingerprint density at radius 2 is 1.45 bits per heavy atom. The Balaban J connectivity index is 1.72. The highest BCUT2D eigenvalue weighted by Gasteiger charge is 2.22. The van der Waals surface area contributed by atoms with Crippen LogP contribution in [0.1, 0.15) is 33.8 Å². The van der Waals surface area contributed by atoms with Crippen LogP contribution in [0.2, 0.25) is 0 Å². The fraction of sp³-hybridized carbons (Fsp3) is 0.120. The van der Waals surface area contributed by atoms with Gasteiger partial charge in [-0.1, -0.05) is 78.9 Å². The summed E-state index contributed by atoms with van der Waals surface area (Å²) in [5, 5.41) is 12.8. The lowest BCUT2D eigenvalue weighted by Gasteiger charge is -2.17. The lowest BCUT2D eigenvalue weighted by atomic mass is 9.91. The lowest BCUT2D eigenvalue weighted by Crippen LogP contribution is -2.31. The van der Waals surface area contributed by atoms with Crippen LogP contribution in [0, 0.1) is 0 Å². The van der Waals surface area contributed by atoms with Gasteiger partial charge in [0.25, 0.3) is 0 Å². The highest BCUT2D eigenvalue weighted by molar-refractivity contribution is 6.00. The molecule has 0 fully saturated rings. The number of carboxylic acids is 1. The van der Waals surface area contributed by atoms with Crippen LogP contribution in [-0.4, -0.2) is 16.3 Å². The number of benzene rings is 3. The molecule has 0 aliphatic rings. The topological polar surface area (TPSA) is 62.1 Å². The van der Waals surface area contributed by atoms with Crippen molar-refractivity contribution in [3.63, 3.8) is 0 Å². The summed E-state index contributed by atoms with van der Waals surface area (Å²) in [6, 6.07) is 26.4. The molecule has 4 heteroatoms. The minimum absolute atomic E-state index is 0.133. The van der Waals surface area contributed by atoms with Crippen molar-refractivity contribution in [3.8, 4) is 0 Å². The number of hydrogen-bond donors (Lipinski definition) is 0. The maximum Gasteiger partial charge on any atom is 0.163 e. The number of hydrogen-bond acceptors (Lipinski definition) is 3. The fourth-order valence-corrected chi connectivity index (χ4v) is 3.71. The van der Waals surface area contributed by atoms with E-state index in [2.05, 4.69) is 0 Å². The molecular formula is C25H20NO3-. The van der Waals surface area contributed by atoms with Gasteiger partial charge < -0.3 is 14.5 Å². The van der Waals surface area contributed by atoms with Crippen molar-refractivity contribution in [2.24, 2.45) is 0 Å². The van der Waals surface area contributed by atoms with E-state index in [9.17, 15) is 14.7 Å². The normalized spacial score (nSPS) is 12.0. The second-order valence-electron chi connectivity index (χ2n) is 7.08. The second kappa shape index (κ2) is 8.15. The predicted molar refractivity (Wildman–Crippen MR) is 111 cm³/mol. The molecule has 0 N–H and O–H groups in total. The summed E-state index contributed by atoms with van der Waals surface area (Å²) >= 11 is 0. The average Bonchev–Trinajstić information content (AvgIpc) is 3.11. The van der Waals surface area contributed by atoms with Gasteiger partial charge in [0.15, 0.2) is 5.78 Å². The zero-order valence-corrected chi connectivity index (χ0v) is 15.8. The number of ketones is 1. The fourth-order valence-electron chi connectivity index (χ4n) is 3.71. The lowest BCUT2D eigenvalue weighted by molar-refractivity contribution is -0.307. The molecule has 3 aromatic carbocycles. The number of Topliss-reactive ketones (excluding diaryl/α,β-unsaturated/α-hetero) is 1. The molecule has 0 amide bonds. The standard InChI is InChI=1S/C25H21NO3/c27-24(19-11-5-2-6-12-19)15-21(25(28)29)22-17-26(16-18-9-3-1-4-10-18)23-14-8-7-13-20(22)23/h1-14,17,21H,15-16H2,(H,28,29)/p-1/t21-/m0/s1. The van der Waals surface area contributed by atoms with E-state index in [0.29, 0.717) is 17.7 Å². The average molecular weight is 382 g/mol. The maximum absolute atomic E-state index is 12.7. The van der Waals surface area contributed by atoms with Gasteiger partial charge in [-0.05, 0) is 17.2 Å². The number of para-hydroxylation sites is 1. The van der Waals surface area contributed by atoms with E-state index in [1.54, 1.807) is 24.3 Å². The largest absolute Gasteiger partial charge is 0.549 e. The molecule has 29 heavy (non-hydrogen) atoms. The van der Waals surface area contributed by atoms with Gasteiger partial charge >= 0.3 is 0 Å². The molecule has 0 spiro atoms. The summed E-state index contributed by atoms with van der Waals surface area (Å²) in [4.78, 5) is 24.7. The van der Waals surface area contributed by atoms with Gasteiger partial charge in [0.1, 0.15) is 0 Å². The Kier molecular flexibility index (Phi) is 5.25. The molecule has 4 nitrogen and oxygen atoms in total. The van der Waals surface area contributed by atoms with E-state index in [1.807, 2.05) is 71.4 Å². The van der Waals surface area contributed by atoms with Gasteiger partial charge in [-0.2, -0.15) is 0 Å². The quantitative estimate of drug-likeness (QED) is 0.457. The molecule has 0 aliphatic carbocycles. The van der Waals surface area contributed by atoms with Crippen LogP contribution in [0.5, 0.6) is 0 Å². The molecule has 1 atom stereocenters. The van der Waals surface area contributed by atoms with E-state index < -0.39 is 11.9 Å². The van der Waals surface area contributed by atoms with Crippen LogP contribution >= 0.6 is 0 Å². The molecule has 1 heterocycles. The monoisotopic (exact) mass is 382 g/mol. The number of carbonyl (C=O) groups is 2. The summed E-state index contributed by atoms with van der Waals surface area (Å²) in [5.74, 6) is -2.46. The molecule has 4 rings (SSSR count). The molecule has 0 radical (unpaired) electrons. The van der Waals surface area contributed by atoms with Crippen molar-refractivity contribution >= 4 is 22.7 Å². The molecule has 0 unspecified atom stereocenters. The molecule has 1 aromatic heterocycles. The summed E-state index contributed by atoms with van der Waals surface area (Å²) in [5.41, 5.74) is 3.17. The van der Waals surface area contributed by atoms with Crippen LogP contribution in [0.25, 0.3) is 10.9 Å².